The van der Waals surface area contributed by atoms with Gasteiger partial charge in [0.05, 0.1) is 6.54 Å². The monoisotopic (exact) mass is 202 g/mol. The minimum Gasteiger partial charge on any atom is -0.382 e. The van der Waals surface area contributed by atoms with Gasteiger partial charge in [-0.15, -0.1) is 0 Å². The molecule has 0 radical (unpaired) electrons. The van der Waals surface area contributed by atoms with E-state index in [2.05, 4.69) is 16.1 Å². The minimum absolute atomic E-state index is 0.568. The Balaban J connectivity index is 2.25. The summed E-state index contributed by atoms with van der Waals surface area (Å²) in [5, 5.41) is 4.21. The third-order valence-electron chi connectivity index (χ3n) is 2.29. The van der Waals surface area contributed by atoms with Gasteiger partial charge in [0.1, 0.15) is 5.82 Å². The van der Waals surface area contributed by atoms with Gasteiger partial charge in [-0.25, -0.2) is 0 Å². The molecule has 78 valence electrons. The smallest absolute Gasteiger partial charge is 0.145 e. The summed E-state index contributed by atoms with van der Waals surface area (Å²) in [7, 11) is 0. The normalized spacial score (nSPS) is 10.5. The molecule has 0 saturated carbocycles. The highest BCUT2D eigenvalue weighted by atomic mass is 15.3. The molecule has 4 nitrogen and oxygen atoms in total. The maximum absolute atomic E-state index is 5.62. The largest absolute Gasteiger partial charge is 0.382 e. The third kappa shape index (κ3) is 2.15. The summed E-state index contributed by atoms with van der Waals surface area (Å²) in [6.07, 6.45) is 1.81. The fraction of sp³-hybridized carbons (Fsp3) is 0.273. The molecule has 2 N–H and O–H groups in total. The van der Waals surface area contributed by atoms with E-state index in [0.717, 1.165) is 17.9 Å². The van der Waals surface area contributed by atoms with Crippen LogP contribution >= 0.6 is 0 Å². The van der Waals surface area contributed by atoms with Gasteiger partial charge in [-0.2, -0.15) is 5.10 Å². The van der Waals surface area contributed by atoms with Crippen LogP contribution < -0.4 is 5.73 Å². The predicted molar refractivity (Wildman–Crippen MR) is 59.5 cm³/mol. The number of pyridine rings is 1. The van der Waals surface area contributed by atoms with Crippen molar-refractivity contribution in [3.8, 4) is 0 Å². The molecule has 4 heteroatoms. The van der Waals surface area contributed by atoms with Gasteiger partial charge in [-0.1, -0.05) is 0 Å². The number of hydrogen-bond donors (Lipinski definition) is 1. The van der Waals surface area contributed by atoms with Crippen molar-refractivity contribution in [2.45, 2.75) is 20.4 Å². The molecule has 0 aliphatic rings. The molecular weight excluding hydrogens is 188 g/mol. The topological polar surface area (TPSA) is 56.7 Å². The van der Waals surface area contributed by atoms with E-state index < -0.39 is 0 Å². The molecule has 0 aliphatic carbocycles. The van der Waals surface area contributed by atoms with Crippen LogP contribution in [0.15, 0.2) is 24.4 Å². The first-order valence-corrected chi connectivity index (χ1v) is 4.86. The number of aryl methyl sites for hydroxylation is 2. The summed E-state index contributed by atoms with van der Waals surface area (Å²) in [6, 6.07) is 5.91. The Morgan fingerprint density at radius 1 is 1.33 bits per heavy atom. The van der Waals surface area contributed by atoms with Gasteiger partial charge in [-0.3, -0.25) is 9.67 Å². The molecule has 2 aromatic rings. The minimum atomic E-state index is 0.568. The lowest BCUT2D eigenvalue weighted by molar-refractivity contribution is 0.667. The van der Waals surface area contributed by atoms with Crippen LogP contribution in [0.25, 0.3) is 0 Å². The van der Waals surface area contributed by atoms with Crippen molar-refractivity contribution in [2.75, 3.05) is 5.73 Å². The van der Waals surface area contributed by atoms with Gasteiger partial charge in [0.2, 0.25) is 0 Å². The number of anilines is 1. The van der Waals surface area contributed by atoms with Crippen molar-refractivity contribution < 1.29 is 0 Å². The van der Waals surface area contributed by atoms with Crippen LogP contribution in [0, 0.1) is 13.8 Å². The number of rotatable bonds is 2. The summed E-state index contributed by atoms with van der Waals surface area (Å²) < 4.78 is 1.89. The first kappa shape index (κ1) is 9.71. The molecule has 0 unspecified atom stereocenters. The van der Waals surface area contributed by atoms with E-state index >= 15 is 0 Å². The van der Waals surface area contributed by atoms with Crippen molar-refractivity contribution in [2.24, 2.45) is 0 Å². The van der Waals surface area contributed by atoms with Gasteiger partial charge in [0.15, 0.2) is 0 Å². The molecule has 2 heterocycles. The fourth-order valence-corrected chi connectivity index (χ4v) is 1.57. The zero-order chi connectivity index (χ0) is 10.8. The average Bonchev–Trinajstić information content (AvgIpc) is 2.45. The van der Waals surface area contributed by atoms with Gasteiger partial charge in [0, 0.05) is 23.7 Å². The van der Waals surface area contributed by atoms with E-state index in [-0.39, 0.29) is 0 Å². The molecule has 0 spiro atoms. The van der Waals surface area contributed by atoms with Crippen LogP contribution in [0.2, 0.25) is 0 Å². The van der Waals surface area contributed by atoms with Crippen molar-refractivity contribution in [3.05, 3.63) is 41.3 Å². The lowest BCUT2D eigenvalue weighted by Gasteiger charge is -2.04. The predicted octanol–water partition coefficient (Wildman–Crippen LogP) is 1.53. The number of hydrogen-bond acceptors (Lipinski definition) is 3. The van der Waals surface area contributed by atoms with Crippen LogP contribution in [0.3, 0.4) is 0 Å². The van der Waals surface area contributed by atoms with Crippen molar-refractivity contribution in [3.63, 3.8) is 0 Å². The van der Waals surface area contributed by atoms with Crippen LogP contribution in [0.1, 0.15) is 17.0 Å². The summed E-state index contributed by atoms with van der Waals surface area (Å²) in [5.74, 6) is 0.568. The molecule has 0 aromatic carbocycles. The lowest BCUT2D eigenvalue weighted by atomic mass is 10.2. The van der Waals surface area contributed by atoms with Crippen molar-refractivity contribution in [1.82, 2.24) is 14.8 Å². The van der Waals surface area contributed by atoms with Gasteiger partial charge < -0.3 is 5.73 Å². The number of nitrogens with two attached hydrogens (primary N) is 1. The Morgan fingerprint density at radius 2 is 2.13 bits per heavy atom. The highest BCUT2D eigenvalue weighted by Gasteiger charge is 2.02. The Labute approximate surface area is 88.8 Å². The summed E-state index contributed by atoms with van der Waals surface area (Å²) in [5.41, 5.74) is 8.90. The lowest BCUT2D eigenvalue weighted by Crippen LogP contribution is -2.04. The first-order chi connectivity index (χ1) is 7.15. The Bertz CT molecular complexity index is 473. The van der Waals surface area contributed by atoms with E-state index in [9.17, 15) is 0 Å². The van der Waals surface area contributed by atoms with Crippen LogP contribution in [-0.4, -0.2) is 14.8 Å². The number of aromatic nitrogens is 3. The van der Waals surface area contributed by atoms with Crippen LogP contribution in [-0.2, 0) is 6.54 Å². The molecule has 0 aliphatic heterocycles. The first-order valence-electron chi connectivity index (χ1n) is 4.86. The molecule has 2 rings (SSSR count). The summed E-state index contributed by atoms with van der Waals surface area (Å²) >= 11 is 0. The maximum atomic E-state index is 5.62. The standard InChI is InChI=1S/C11H14N4/c1-8-5-10(3-4-13-8)7-15-9(2)6-11(12)14-15/h3-6H,7H2,1-2H3,(H2,12,14). The van der Waals surface area contributed by atoms with Gasteiger partial charge >= 0.3 is 0 Å². The molecule has 0 bridgehead atoms. The summed E-state index contributed by atoms with van der Waals surface area (Å²) in [6.45, 7) is 4.72. The number of nitrogens with zero attached hydrogens (tertiary/aromatic N) is 3. The Morgan fingerprint density at radius 3 is 2.73 bits per heavy atom. The Hall–Kier alpha value is -1.84. The number of nitrogen functional groups attached to an aromatic ring is 1. The molecular formula is C11H14N4. The van der Waals surface area contributed by atoms with E-state index in [4.69, 9.17) is 5.73 Å². The van der Waals surface area contributed by atoms with Gasteiger partial charge in [-0.05, 0) is 31.5 Å². The second-order valence-corrected chi connectivity index (χ2v) is 3.67. The highest BCUT2D eigenvalue weighted by molar-refractivity contribution is 5.29. The van der Waals surface area contributed by atoms with E-state index in [1.54, 1.807) is 0 Å². The third-order valence-corrected chi connectivity index (χ3v) is 2.29. The van der Waals surface area contributed by atoms with Crippen molar-refractivity contribution in [1.29, 1.82) is 0 Å². The van der Waals surface area contributed by atoms with E-state index in [1.165, 1.54) is 5.56 Å². The van der Waals surface area contributed by atoms with E-state index in [0.29, 0.717) is 5.82 Å². The van der Waals surface area contributed by atoms with Crippen LogP contribution in [0.4, 0.5) is 5.82 Å². The molecule has 0 fully saturated rings. The Kier molecular flexibility index (Phi) is 2.41. The molecule has 0 atom stereocenters. The zero-order valence-corrected chi connectivity index (χ0v) is 8.94. The SMILES string of the molecule is Cc1cc(Cn2nc(N)cc2C)ccn1. The molecule has 0 amide bonds. The second-order valence-electron chi connectivity index (χ2n) is 3.67. The van der Waals surface area contributed by atoms with Gasteiger partial charge in [0.25, 0.3) is 0 Å². The van der Waals surface area contributed by atoms with E-state index in [1.807, 2.05) is 36.9 Å². The highest BCUT2D eigenvalue weighted by Crippen LogP contribution is 2.08. The molecule has 0 saturated heterocycles. The summed E-state index contributed by atoms with van der Waals surface area (Å²) in [4.78, 5) is 4.15. The molecule has 15 heavy (non-hydrogen) atoms. The second kappa shape index (κ2) is 3.73. The molecule has 2 aromatic heterocycles. The average molecular weight is 202 g/mol. The zero-order valence-electron chi connectivity index (χ0n) is 8.94. The maximum Gasteiger partial charge on any atom is 0.145 e. The van der Waals surface area contributed by atoms with Crippen LogP contribution in [0.5, 0.6) is 0 Å². The fourth-order valence-electron chi connectivity index (χ4n) is 1.57. The van der Waals surface area contributed by atoms with Crippen molar-refractivity contribution >= 4 is 5.82 Å². The quantitative estimate of drug-likeness (QED) is 0.803.